The number of phenolic OH excluding ortho intramolecular Hbond substituents is 1. The van der Waals surface area contributed by atoms with Crippen LogP contribution < -0.4 is 4.74 Å². The second-order valence-corrected chi connectivity index (χ2v) is 8.32. The summed E-state index contributed by atoms with van der Waals surface area (Å²) < 4.78 is 5.47. The van der Waals surface area contributed by atoms with E-state index in [0.29, 0.717) is 11.7 Å². The Hall–Kier alpha value is -1.51. The van der Waals surface area contributed by atoms with E-state index in [2.05, 4.69) is 27.7 Å². The Morgan fingerprint density at radius 1 is 1.20 bits per heavy atom. The summed E-state index contributed by atoms with van der Waals surface area (Å²) in [6.45, 7) is 9.60. The molecule has 2 aliphatic carbocycles. The zero-order chi connectivity index (χ0) is 18.5. The predicted molar refractivity (Wildman–Crippen MR) is 102 cm³/mol. The highest BCUT2D eigenvalue weighted by Gasteiger charge is 2.61. The molecular weight excluding hydrogens is 312 g/mol. The number of rotatable bonds is 6. The van der Waals surface area contributed by atoms with Crippen molar-refractivity contribution < 1.29 is 14.6 Å². The number of benzene rings is 1. The second kappa shape index (κ2) is 8.25. The van der Waals surface area contributed by atoms with E-state index in [-0.39, 0.29) is 16.6 Å². The number of ether oxygens (including phenoxy) is 1. The van der Waals surface area contributed by atoms with Gasteiger partial charge in [-0.2, -0.15) is 0 Å². The molecule has 3 nitrogen and oxygen atoms in total. The minimum atomic E-state index is 0.0255. The summed E-state index contributed by atoms with van der Waals surface area (Å²) in [5, 5.41) is 9.17. The smallest absolute Gasteiger partial charge is 0.139 e. The molecule has 0 aliphatic heterocycles. The Morgan fingerprint density at radius 2 is 1.96 bits per heavy atom. The van der Waals surface area contributed by atoms with Crippen molar-refractivity contribution in [2.75, 3.05) is 6.61 Å². The maximum Gasteiger partial charge on any atom is 0.139 e. The van der Waals surface area contributed by atoms with Crippen LogP contribution in [0.15, 0.2) is 24.3 Å². The Bertz CT molecular complexity index is 578. The highest BCUT2D eigenvalue weighted by molar-refractivity contribution is 5.89. The number of hydrogen-bond donors (Lipinski definition) is 1. The molecule has 1 aromatic carbocycles. The van der Waals surface area contributed by atoms with Gasteiger partial charge in [-0.1, -0.05) is 53.0 Å². The molecule has 2 aliphatic rings. The van der Waals surface area contributed by atoms with Crippen LogP contribution in [0.25, 0.3) is 0 Å². The zero-order valence-electron chi connectivity index (χ0n) is 16.3. The van der Waals surface area contributed by atoms with Crippen LogP contribution in [0.5, 0.6) is 11.5 Å². The van der Waals surface area contributed by atoms with Crippen molar-refractivity contribution in [1.82, 2.24) is 0 Å². The summed E-state index contributed by atoms with van der Waals surface area (Å²) in [6, 6.07) is 6.93. The van der Waals surface area contributed by atoms with E-state index in [9.17, 15) is 9.90 Å². The van der Waals surface area contributed by atoms with Gasteiger partial charge in [0.25, 0.3) is 0 Å². The fourth-order valence-corrected chi connectivity index (χ4v) is 4.19. The van der Waals surface area contributed by atoms with Gasteiger partial charge in [0, 0.05) is 17.9 Å². The largest absolute Gasteiger partial charge is 0.508 e. The van der Waals surface area contributed by atoms with E-state index in [0.717, 1.165) is 31.6 Å². The van der Waals surface area contributed by atoms with Crippen LogP contribution in [0, 0.1) is 16.7 Å². The molecule has 2 bridgehead atoms. The Morgan fingerprint density at radius 3 is 2.44 bits per heavy atom. The van der Waals surface area contributed by atoms with Crippen LogP contribution in [0.3, 0.4) is 0 Å². The highest BCUT2D eigenvalue weighted by atomic mass is 16.5. The van der Waals surface area contributed by atoms with Gasteiger partial charge in [-0.05, 0) is 42.7 Å². The number of carbonyl (C=O) groups excluding carboxylic acids is 1. The lowest BCUT2D eigenvalue weighted by molar-refractivity contribution is -0.128. The van der Waals surface area contributed by atoms with Gasteiger partial charge >= 0.3 is 0 Å². The number of aromatic hydroxyl groups is 1. The number of ketones is 1. The monoisotopic (exact) mass is 346 g/mol. The Kier molecular flexibility index (Phi) is 6.53. The molecule has 2 fully saturated rings. The molecule has 3 rings (SSSR count). The molecule has 1 aromatic rings. The van der Waals surface area contributed by atoms with Crippen LogP contribution in [0.1, 0.15) is 72.6 Å². The van der Waals surface area contributed by atoms with E-state index >= 15 is 0 Å². The molecule has 2 unspecified atom stereocenters. The summed E-state index contributed by atoms with van der Waals surface area (Å²) in [4.78, 5) is 11.6. The second-order valence-electron chi connectivity index (χ2n) is 8.32. The molecule has 0 heterocycles. The van der Waals surface area contributed by atoms with Crippen LogP contribution in [0.2, 0.25) is 0 Å². The minimum Gasteiger partial charge on any atom is -0.508 e. The third-order valence-electron chi connectivity index (χ3n) is 6.57. The number of hydrogen-bond acceptors (Lipinski definition) is 3. The summed E-state index contributed by atoms with van der Waals surface area (Å²) in [5.41, 5.74) is 0.307. The quantitative estimate of drug-likeness (QED) is 0.667. The van der Waals surface area contributed by atoms with Crippen LogP contribution in [0.4, 0.5) is 0 Å². The molecular formula is C22H34O3. The maximum absolute atomic E-state index is 11.6. The van der Waals surface area contributed by atoms with Gasteiger partial charge < -0.3 is 9.84 Å². The summed E-state index contributed by atoms with van der Waals surface area (Å²) >= 11 is 0. The van der Waals surface area contributed by atoms with Gasteiger partial charge in [0.05, 0.1) is 6.61 Å². The van der Waals surface area contributed by atoms with E-state index in [1.807, 2.05) is 6.07 Å². The van der Waals surface area contributed by atoms with E-state index < -0.39 is 0 Å². The maximum atomic E-state index is 11.6. The summed E-state index contributed by atoms with van der Waals surface area (Å²) in [5.74, 6) is 2.20. The van der Waals surface area contributed by atoms with Crippen molar-refractivity contribution in [1.29, 1.82) is 0 Å². The van der Waals surface area contributed by atoms with Crippen molar-refractivity contribution in [2.45, 2.75) is 72.6 Å². The van der Waals surface area contributed by atoms with Gasteiger partial charge in [-0.15, -0.1) is 0 Å². The molecule has 0 radical (unpaired) electrons. The molecule has 0 spiro atoms. The molecule has 140 valence electrons. The van der Waals surface area contributed by atoms with Gasteiger partial charge in [-0.25, -0.2) is 0 Å². The number of carbonyl (C=O) groups is 1. The first kappa shape index (κ1) is 19.8. The number of unbranched alkanes of at least 4 members (excludes halogenated alkanes) is 3. The average Bonchev–Trinajstić information content (AvgIpc) is 2.88. The fourth-order valence-electron chi connectivity index (χ4n) is 4.19. The van der Waals surface area contributed by atoms with E-state index in [1.54, 1.807) is 18.2 Å². The number of fused-ring (bicyclic) bond motifs is 2. The Balaban J connectivity index is 0.000000185. The van der Waals surface area contributed by atoms with Crippen molar-refractivity contribution in [3.63, 3.8) is 0 Å². The van der Waals surface area contributed by atoms with Gasteiger partial charge in [0.2, 0.25) is 0 Å². The first-order valence-electron chi connectivity index (χ1n) is 9.76. The topological polar surface area (TPSA) is 46.5 Å². The average molecular weight is 347 g/mol. The lowest BCUT2D eigenvalue weighted by atomic mass is 9.70. The molecule has 3 heteroatoms. The predicted octanol–water partition coefficient (Wildman–Crippen LogP) is 5.75. The van der Waals surface area contributed by atoms with Crippen molar-refractivity contribution >= 4 is 5.78 Å². The molecule has 0 aromatic heterocycles. The number of Topliss-reactive ketones (excluding diaryl/α,β-unsaturated/α-hetero) is 1. The van der Waals surface area contributed by atoms with Crippen molar-refractivity contribution in [3.8, 4) is 11.5 Å². The lowest BCUT2D eigenvalue weighted by Gasteiger charge is -2.32. The third kappa shape index (κ3) is 4.37. The molecule has 0 saturated heterocycles. The molecule has 25 heavy (non-hydrogen) atoms. The third-order valence-corrected chi connectivity index (χ3v) is 6.57. The molecule has 1 N–H and O–H groups in total. The van der Waals surface area contributed by atoms with Crippen LogP contribution in [-0.2, 0) is 4.79 Å². The SMILES string of the molecule is CC12CCC(CC1=O)C2(C)C.CCCCCCOc1cccc(O)c1. The first-order chi connectivity index (χ1) is 11.8. The van der Waals surface area contributed by atoms with Gasteiger partial charge in [0.15, 0.2) is 0 Å². The minimum absolute atomic E-state index is 0.0255. The van der Waals surface area contributed by atoms with E-state index in [4.69, 9.17) is 4.74 Å². The molecule has 2 atom stereocenters. The van der Waals surface area contributed by atoms with Gasteiger partial charge in [0.1, 0.15) is 17.3 Å². The van der Waals surface area contributed by atoms with Crippen molar-refractivity contribution in [3.05, 3.63) is 24.3 Å². The Labute approximate surface area is 152 Å². The number of phenols is 1. The summed E-state index contributed by atoms with van der Waals surface area (Å²) in [6.07, 6.45) is 8.07. The van der Waals surface area contributed by atoms with Crippen LogP contribution in [-0.4, -0.2) is 17.5 Å². The first-order valence-corrected chi connectivity index (χ1v) is 9.76. The molecule has 2 saturated carbocycles. The van der Waals surface area contributed by atoms with Crippen LogP contribution >= 0.6 is 0 Å². The van der Waals surface area contributed by atoms with E-state index in [1.165, 1.54) is 25.7 Å². The molecule has 0 amide bonds. The summed E-state index contributed by atoms with van der Waals surface area (Å²) in [7, 11) is 0. The normalized spacial score (nSPS) is 26.2. The highest BCUT2D eigenvalue weighted by Crippen LogP contribution is 2.63. The van der Waals surface area contributed by atoms with Gasteiger partial charge in [-0.3, -0.25) is 4.79 Å². The zero-order valence-corrected chi connectivity index (χ0v) is 16.3. The standard InChI is InChI=1S/C12H18O2.C10H16O/c1-2-3-4-5-9-14-12-8-6-7-11(13)10-12;1-9(2)7-4-5-10(9,3)8(11)6-7/h6-8,10,13H,2-5,9H2,1H3;7H,4-6H2,1-3H3. The fraction of sp³-hybridized carbons (Fsp3) is 0.682. The lowest BCUT2D eigenvalue weighted by Crippen LogP contribution is -2.32. The van der Waals surface area contributed by atoms with Crippen molar-refractivity contribution in [2.24, 2.45) is 16.7 Å².